The van der Waals surface area contributed by atoms with Crippen LogP contribution in [-0.2, 0) is 11.2 Å². The Morgan fingerprint density at radius 3 is 3.19 bits per heavy atom. The van der Waals surface area contributed by atoms with Gasteiger partial charge in [-0.05, 0) is 29.9 Å². The minimum Gasteiger partial charge on any atom is -0.335 e. The topological polar surface area (TPSA) is 46.3 Å². The normalized spacial score (nSPS) is 19.6. The Labute approximate surface area is 100 Å². The number of nitrogens with zero attached hydrogens (tertiary/aromatic N) is 1. The predicted octanol–water partition coefficient (Wildman–Crippen LogP) is 1.93. The summed E-state index contributed by atoms with van der Waals surface area (Å²) < 4.78 is 0. The zero-order valence-electron chi connectivity index (χ0n) is 9.61. The van der Waals surface area contributed by atoms with Gasteiger partial charge in [0.2, 0.25) is 5.91 Å². The molecule has 1 amide bonds. The smallest absolute Gasteiger partial charge is 0.224 e. The van der Waals surface area contributed by atoms with E-state index in [0.717, 1.165) is 19.4 Å². The second-order valence-electron chi connectivity index (χ2n) is 4.10. The molecule has 2 rings (SSSR count). The first-order chi connectivity index (χ1) is 7.77. The Balaban J connectivity index is 2.21. The highest BCUT2D eigenvalue weighted by atomic mass is 32.1. The summed E-state index contributed by atoms with van der Waals surface area (Å²) in [7, 11) is 0. The minimum absolute atomic E-state index is 0.200. The van der Waals surface area contributed by atoms with E-state index in [9.17, 15) is 4.79 Å². The molecular formula is C12H18N2OS. The van der Waals surface area contributed by atoms with Crippen molar-refractivity contribution in [1.82, 2.24) is 4.90 Å². The zero-order chi connectivity index (χ0) is 11.5. The lowest BCUT2D eigenvalue weighted by atomic mass is 9.97. The lowest BCUT2D eigenvalue weighted by molar-refractivity contribution is -0.134. The van der Waals surface area contributed by atoms with Gasteiger partial charge in [-0.1, -0.05) is 6.92 Å². The Hall–Kier alpha value is -0.870. The molecule has 0 radical (unpaired) electrons. The van der Waals surface area contributed by atoms with Crippen molar-refractivity contribution < 1.29 is 4.79 Å². The maximum Gasteiger partial charge on any atom is 0.224 e. The molecule has 3 nitrogen and oxygen atoms in total. The van der Waals surface area contributed by atoms with Crippen LogP contribution >= 0.6 is 11.3 Å². The Kier molecular flexibility index (Phi) is 3.61. The highest BCUT2D eigenvalue weighted by Gasteiger charge is 2.29. The third-order valence-corrected chi connectivity index (χ3v) is 4.16. The maximum absolute atomic E-state index is 11.9. The van der Waals surface area contributed by atoms with Crippen LogP contribution in [0.4, 0.5) is 0 Å². The van der Waals surface area contributed by atoms with Gasteiger partial charge in [0.05, 0.1) is 6.04 Å². The van der Waals surface area contributed by atoms with Gasteiger partial charge in [-0.15, -0.1) is 11.3 Å². The molecule has 1 aliphatic rings. The van der Waals surface area contributed by atoms with Gasteiger partial charge in [0.1, 0.15) is 0 Å². The van der Waals surface area contributed by atoms with E-state index in [-0.39, 0.29) is 11.9 Å². The molecule has 2 N–H and O–H groups in total. The molecule has 1 aromatic rings. The summed E-state index contributed by atoms with van der Waals surface area (Å²) in [6.45, 7) is 3.44. The van der Waals surface area contributed by atoms with E-state index in [1.807, 2.05) is 16.2 Å². The fourth-order valence-electron chi connectivity index (χ4n) is 2.40. The van der Waals surface area contributed by atoms with Gasteiger partial charge < -0.3 is 10.6 Å². The molecule has 1 aromatic heterocycles. The average Bonchev–Trinajstić information content (AvgIpc) is 2.75. The number of thiophene rings is 1. The third-order valence-electron chi connectivity index (χ3n) is 3.16. The van der Waals surface area contributed by atoms with Crippen molar-refractivity contribution in [3.05, 3.63) is 21.9 Å². The van der Waals surface area contributed by atoms with E-state index >= 15 is 0 Å². The van der Waals surface area contributed by atoms with Crippen LogP contribution in [0.3, 0.4) is 0 Å². The second-order valence-corrected chi connectivity index (χ2v) is 5.10. The summed E-state index contributed by atoms with van der Waals surface area (Å²) in [4.78, 5) is 15.4. The van der Waals surface area contributed by atoms with E-state index in [4.69, 9.17) is 5.73 Å². The summed E-state index contributed by atoms with van der Waals surface area (Å²) >= 11 is 1.81. The first kappa shape index (κ1) is 11.6. The van der Waals surface area contributed by atoms with E-state index in [0.29, 0.717) is 13.0 Å². The minimum atomic E-state index is 0.200. The highest BCUT2D eigenvalue weighted by molar-refractivity contribution is 7.10. The van der Waals surface area contributed by atoms with Crippen molar-refractivity contribution in [1.29, 1.82) is 0 Å². The van der Waals surface area contributed by atoms with Crippen molar-refractivity contribution in [3.63, 3.8) is 0 Å². The molecular weight excluding hydrogens is 220 g/mol. The van der Waals surface area contributed by atoms with Crippen LogP contribution < -0.4 is 5.73 Å². The summed E-state index contributed by atoms with van der Waals surface area (Å²) in [5.41, 5.74) is 6.80. The number of rotatable bonds is 3. The van der Waals surface area contributed by atoms with Crippen LogP contribution in [0.5, 0.6) is 0 Å². The molecule has 88 valence electrons. The molecule has 0 bridgehead atoms. The number of hydrogen-bond acceptors (Lipinski definition) is 3. The van der Waals surface area contributed by atoms with E-state index in [1.54, 1.807) is 0 Å². The third kappa shape index (κ3) is 1.99. The Morgan fingerprint density at radius 1 is 1.69 bits per heavy atom. The second kappa shape index (κ2) is 4.97. The van der Waals surface area contributed by atoms with E-state index < -0.39 is 0 Å². The van der Waals surface area contributed by atoms with Crippen LogP contribution in [-0.4, -0.2) is 23.9 Å². The largest absolute Gasteiger partial charge is 0.335 e. The number of fused-ring (bicyclic) bond motifs is 1. The average molecular weight is 238 g/mol. The molecule has 0 spiro atoms. The summed E-state index contributed by atoms with van der Waals surface area (Å²) in [5.74, 6) is 0.200. The predicted molar refractivity (Wildman–Crippen MR) is 66.4 cm³/mol. The summed E-state index contributed by atoms with van der Waals surface area (Å²) in [5, 5.41) is 2.13. The molecule has 0 saturated carbocycles. The van der Waals surface area contributed by atoms with Gasteiger partial charge in [0.15, 0.2) is 0 Å². The zero-order valence-corrected chi connectivity index (χ0v) is 10.4. The molecule has 2 heterocycles. The summed E-state index contributed by atoms with van der Waals surface area (Å²) in [6.07, 6.45) is 2.45. The van der Waals surface area contributed by atoms with Crippen LogP contribution in [0.2, 0.25) is 0 Å². The monoisotopic (exact) mass is 238 g/mol. The van der Waals surface area contributed by atoms with Crippen molar-refractivity contribution >= 4 is 17.2 Å². The number of carbonyl (C=O) groups is 1. The van der Waals surface area contributed by atoms with Gasteiger partial charge >= 0.3 is 0 Å². The quantitative estimate of drug-likeness (QED) is 0.874. The van der Waals surface area contributed by atoms with E-state index in [1.165, 1.54) is 10.4 Å². The van der Waals surface area contributed by atoms with Crippen LogP contribution in [0.15, 0.2) is 11.4 Å². The van der Waals surface area contributed by atoms with Gasteiger partial charge in [0.25, 0.3) is 0 Å². The molecule has 4 heteroatoms. The molecule has 0 saturated heterocycles. The van der Waals surface area contributed by atoms with E-state index in [2.05, 4.69) is 18.4 Å². The fourth-order valence-corrected chi connectivity index (χ4v) is 3.33. The van der Waals surface area contributed by atoms with Crippen molar-refractivity contribution in [2.45, 2.75) is 32.2 Å². The Morgan fingerprint density at radius 2 is 2.50 bits per heavy atom. The number of carbonyl (C=O) groups excluding carboxylic acids is 1. The maximum atomic E-state index is 11.9. The molecule has 1 atom stereocenters. The first-order valence-corrected chi connectivity index (χ1v) is 6.71. The molecule has 0 aromatic carbocycles. The van der Waals surface area contributed by atoms with Gasteiger partial charge in [-0.25, -0.2) is 0 Å². The van der Waals surface area contributed by atoms with Crippen molar-refractivity contribution in [2.24, 2.45) is 5.73 Å². The molecule has 1 aliphatic heterocycles. The standard InChI is InChI=1S/C12H18N2OS/c1-2-10-9-5-8-16-11(9)4-7-14(10)12(15)3-6-13/h5,8,10H,2-4,6-7,13H2,1H3. The number of hydrogen-bond donors (Lipinski definition) is 1. The van der Waals surface area contributed by atoms with Gasteiger partial charge in [-0.3, -0.25) is 4.79 Å². The first-order valence-electron chi connectivity index (χ1n) is 5.83. The van der Waals surface area contributed by atoms with Crippen LogP contribution in [0, 0.1) is 0 Å². The van der Waals surface area contributed by atoms with Crippen molar-refractivity contribution in [3.8, 4) is 0 Å². The fraction of sp³-hybridized carbons (Fsp3) is 0.583. The summed E-state index contributed by atoms with van der Waals surface area (Å²) in [6, 6.07) is 2.44. The van der Waals surface area contributed by atoms with Crippen molar-refractivity contribution in [2.75, 3.05) is 13.1 Å². The molecule has 16 heavy (non-hydrogen) atoms. The number of nitrogens with two attached hydrogens (primary N) is 1. The molecule has 0 fully saturated rings. The van der Waals surface area contributed by atoms with Gasteiger partial charge in [-0.2, -0.15) is 0 Å². The van der Waals surface area contributed by atoms with Crippen LogP contribution in [0.25, 0.3) is 0 Å². The SMILES string of the molecule is CCC1c2ccsc2CCN1C(=O)CCN. The Bertz CT molecular complexity index is 375. The molecule has 0 aliphatic carbocycles. The lowest BCUT2D eigenvalue weighted by Gasteiger charge is -2.35. The lowest BCUT2D eigenvalue weighted by Crippen LogP contribution is -2.40. The molecule has 1 unspecified atom stereocenters. The highest BCUT2D eigenvalue weighted by Crippen LogP contribution is 2.35. The van der Waals surface area contributed by atoms with Gasteiger partial charge in [0, 0.05) is 24.4 Å². The van der Waals surface area contributed by atoms with Crippen LogP contribution in [0.1, 0.15) is 36.2 Å². The number of amides is 1.